The molecule has 0 radical (unpaired) electrons. The Morgan fingerprint density at radius 1 is 1.33 bits per heavy atom. The summed E-state index contributed by atoms with van der Waals surface area (Å²) in [6.45, 7) is 6.43. The van der Waals surface area contributed by atoms with Crippen LogP contribution in [0.3, 0.4) is 0 Å². The van der Waals surface area contributed by atoms with Gasteiger partial charge in [-0.3, -0.25) is 0 Å². The van der Waals surface area contributed by atoms with Gasteiger partial charge in [-0.15, -0.1) is 0 Å². The summed E-state index contributed by atoms with van der Waals surface area (Å²) in [5.74, 6) is 0.336. The molecule has 2 nitrogen and oxygen atoms in total. The van der Waals surface area contributed by atoms with Crippen LogP contribution in [-0.2, 0) is 6.42 Å². The zero-order valence-electron chi connectivity index (χ0n) is 9.46. The molecule has 1 heterocycles. The fourth-order valence-electron chi connectivity index (χ4n) is 2.20. The van der Waals surface area contributed by atoms with Crippen LogP contribution in [0.25, 0.3) is 0 Å². The molecule has 2 heteroatoms. The summed E-state index contributed by atoms with van der Waals surface area (Å²) in [6.07, 6.45) is 3.14. The third-order valence-electron chi connectivity index (χ3n) is 2.62. The smallest absolute Gasteiger partial charge is 0.116 e. The minimum absolute atomic E-state index is 0.0215. The van der Waals surface area contributed by atoms with Crippen LogP contribution in [0.15, 0.2) is 29.8 Å². The summed E-state index contributed by atoms with van der Waals surface area (Å²) in [4.78, 5) is 0. The molecule has 0 amide bonds. The number of phenols is 1. The largest absolute Gasteiger partial charge is 0.508 e. The molecule has 1 aromatic carbocycles. The average molecular weight is 203 g/mol. The van der Waals surface area contributed by atoms with Gasteiger partial charge in [-0.1, -0.05) is 11.6 Å². The normalized spacial score (nSPS) is 18.5. The van der Waals surface area contributed by atoms with Gasteiger partial charge in [-0.2, -0.15) is 0 Å². The van der Waals surface area contributed by atoms with Crippen LogP contribution < -0.4 is 5.32 Å². The Morgan fingerprint density at radius 2 is 2.07 bits per heavy atom. The van der Waals surface area contributed by atoms with Gasteiger partial charge in [-0.05, 0) is 51.0 Å². The molecule has 80 valence electrons. The van der Waals surface area contributed by atoms with Gasteiger partial charge in [0.1, 0.15) is 5.75 Å². The summed E-state index contributed by atoms with van der Waals surface area (Å²) < 4.78 is 0. The zero-order chi connectivity index (χ0) is 11.1. The van der Waals surface area contributed by atoms with Gasteiger partial charge >= 0.3 is 0 Å². The Balaban J connectivity index is 2.48. The minimum atomic E-state index is -0.0215. The molecule has 0 fully saturated rings. The van der Waals surface area contributed by atoms with E-state index in [1.54, 1.807) is 6.07 Å². The number of benzene rings is 1. The molecule has 0 spiro atoms. The van der Waals surface area contributed by atoms with Gasteiger partial charge in [0.05, 0.1) is 5.54 Å². The molecule has 2 rings (SSSR count). The maximum Gasteiger partial charge on any atom is 0.116 e. The highest BCUT2D eigenvalue weighted by atomic mass is 16.3. The number of rotatable bonds is 0. The highest BCUT2D eigenvalue weighted by molar-refractivity contribution is 5.59. The molecule has 0 saturated carbocycles. The molecular formula is C13H17NO. The topological polar surface area (TPSA) is 32.3 Å². The fraction of sp³-hybridized carbons (Fsp3) is 0.385. The van der Waals surface area contributed by atoms with Crippen molar-refractivity contribution < 1.29 is 5.11 Å². The van der Waals surface area contributed by atoms with Crippen molar-refractivity contribution in [2.45, 2.75) is 32.7 Å². The first-order valence-electron chi connectivity index (χ1n) is 5.25. The second-order valence-corrected chi connectivity index (χ2v) is 4.86. The van der Waals surface area contributed by atoms with Crippen LogP contribution in [0.5, 0.6) is 5.75 Å². The Morgan fingerprint density at radius 3 is 2.80 bits per heavy atom. The maximum atomic E-state index is 9.45. The first kappa shape index (κ1) is 10.1. The summed E-state index contributed by atoms with van der Waals surface area (Å²) >= 11 is 0. The molecule has 0 atom stereocenters. The summed E-state index contributed by atoms with van der Waals surface area (Å²) in [5, 5.41) is 12.9. The number of anilines is 1. The molecule has 0 aliphatic carbocycles. The molecule has 0 aromatic heterocycles. The SMILES string of the molecule is CC1=CC(C)(C)Nc2ccc(O)cc2C1. The predicted molar refractivity (Wildman–Crippen MR) is 63.3 cm³/mol. The van der Waals surface area contributed by atoms with Crippen LogP contribution in [0.2, 0.25) is 0 Å². The monoisotopic (exact) mass is 203 g/mol. The van der Waals surface area contributed by atoms with Crippen LogP contribution in [0.1, 0.15) is 26.3 Å². The van der Waals surface area contributed by atoms with Crippen molar-refractivity contribution in [2.24, 2.45) is 0 Å². The number of aromatic hydroxyl groups is 1. The quantitative estimate of drug-likeness (QED) is 0.501. The Hall–Kier alpha value is -1.44. The lowest BCUT2D eigenvalue weighted by atomic mass is 10.0. The van der Waals surface area contributed by atoms with Gasteiger partial charge in [0.2, 0.25) is 0 Å². The molecule has 0 bridgehead atoms. The van der Waals surface area contributed by atoms with Gasteiger partial charge in [0, 0.05) is 5.69 Å². The van der Waals surface area contributed by atoms with Crippen LogP contribution in [0, 0.1) is 0 Å². The van der Waals surface area contributed by atoms with E-state index in [0.29, 0.717) is 5.75 Å². The fourth-order valence-corrected chi connectivity index (χ4v) is 2.20. The highest BCUT2D eigenvalue weighted by Crippen LogP contribution is 2.30. The second-order valence-electron chi connectivity index (χ2n) is 4.86. The Bertz CT molecular complexity index is 419. The van der Waals surface area contributed by atoms with Crippen molar-refractivity contribution in [3.63, 3.8) is 0 Å². The van der Waals surface area contributed by atoms with Crippen LogP contribution >= 0.6 is 0 Å². The van der Waals surface area contributed by atoms with E-state index >= 15 is 0 Å². The van der Waals surface area contributed by atoms with Gasteiger partial charge in [0.15, 0.2) is 0 Å². The van der Waals surface area contributed by atoms with E-state index in [2.05, 4.69) is 32.2 Å². The second kappa shape index (κ2) is 3.30. The van der Waals surface area contributed by atoms with E-state index < -0.39 is 0 Å². The lowest BCUT2D eigenvalue weighted by Crippen LogP contribution is -2.27. The van der Waals surface area contributed by atoms with Gasteiger partial charge in [-0.25, -0.2) is 0 Å². The van der Waals surface area contributed by atoms with Gasteiger partial charge < -0.3 is 10.4 Å². The Labute approximate surface area is 90.6 Å². The number of hydrogen-bond donors (Lipinski definition) is 2. The van der Waals surface area contributed by atoms with E-state index in [4.69, 9.17) is 0 Å². The first-order chi connectivity index (χ1) is 6.96. The van der Waals surface area contributed by atoms with E-state index in [9.17, 15) is 5.11 Å². The zero-order valence-corrected chi connectivity index (χ0v) is 9.46. The van der Waals surface area contributed by atoms with Crippen molar-refractivity contribution in [1.29, 1.82) is 0 Å². The van der Waals surface area contributed by atoms with E-state index in [0.717, 1.165) is 17.7 Å². The van der Waals surface area contributed by atoms with E-state index in [1.807, 2.05) is 12.1 Å². The number of fused-ring (bicyclic) bond motifs is 1. The van der Waals surface area contributed by atoms with Crippen molar-refractivity contribution in [3.8, 4) is 5.75 Å². The lowest BCUT2D eigenvalue weighted by Gasteiger charge is -2.23. The highest BCUT2D eigenvalue weighted by Gasteiger charge is 2.20. The number of allylic oxidation sites excluding steroid dienone is 1. The van der Waals surface area contributed by atoms with Gasteiger partial charge in [0.25, 0.3) is 0 Å². The van der Waals surface area contributed by atoms with E-state index in [1.165, 1.54) is 5.57 Å². The predicted octanol–water partition coefficient (Wildman–Crippen LogP) is 3.09. The van der Waals surface area contributed by atoms with Crippen molar-refractivity contribution in [1.82, 2.24) is 0 Å². The molecule has 0 unspecified atom stereocenters. The number of nitrogens with one attached hydrogen (secondary N) is 1. The van der Waals surface area contributed by atoms with Crippen molar-refractivity contribution in [3.05, 3.63) is 35.4 Å². The summed E-state index contributed by atoms with van der Waals surface area (Å²) in [6, 6.07) is 5.50. The molecule has 1 aromatic rings. The first-order valence-corrected chi connectivity index (χ1v) is 5.25. The molecule has 2 N–H and O–H groups in total. The third kappa shape index (κ3) is 2.14. The Kier molecular flexibility index (Phi) is 2.22. The van der Waals surface area contributed by atoms with E-state index in [-0.39, 0.29) is 5.54 Å². The third-order valence-corrected chi connectivity index (χ3v) is 2.62. The average Bonchev–Trinajstić information content (AvgIpc) is 2.18. The molecule has 15 heavy (non-hydrogen) atoms. The molecule has 1 aliphatic heterocycles. The molecule has 1 aliphatic rings. The summed E-state index contributed by atoms with van der Waals surface area (Å²) in [5.41, 5.74) is 3.59. The standard InChI is InChI=1S/C13H17NO/c1-9-6-10-7-11(15)4-5-12(10)14-13(2,3)8-9/h4-5,7-8,14-15H,6H2,1-3H3. The minimum Gasteiger partial charge on any atom is -0.508 e. The number of phenolic OH excluding ortho intramolecular Hbond substituents is 1. The maximum absolute atomic E-state index is 9.45. The van der Waals surface area contributed by atoms with Crippen molar-refractivity contribution in [2.75, 3.05) is 5.32 Å². The summed E-state index contributed by atoms with van der Waals surface area (Å²) in [7, 11) is 0. The number of hydrogen-bond acceptors (Lipinski definition) is 2. The van der Waals surface area contributed by atoms with Crippen molar-refractivity contribution >= 4 is 5.69 Å². The molecular weight excluding hydrogens is 186 g/mol. The molecule has 0 saturated heterocycles. The lowest BCUT2D eigenvalue weighted by molar-refractivity contribution is 0.475. The van der Waals surface area contributed by atoms with Crippen LogP contribution in [-0.4, -0.2) is 10.6 Å². The van der Waals surface area contributed by atoms with Crippen LogP contribution in [0.4, 0.5) is 5.69 Å².